The minimum absolute atomic E-state index is 0.321. The van der Waals surface area contributed by atoms with Gasteiger partial charge in [-0.1, -0.05) is 6.07 Å². The Kier molecular flexibility index (Phi) is 3.53. The Morgan fingerprint density at radius 2 is 2.22 bits per heavy atom. The summed E-state index contributed by atoms with van der Waals surface area (Å²) in [6.45, 7) is 1.78. The number of hydrogen-bond acceptors (Lipinski definition) is 5. The smallest absolute Gasteiger partial charge is 0.247 e. The molecule has 0 radical (unpaired) electrons. The third-order valence-corrected chi connectivity index (χ3v) is 3.93. The van der Waals surface area contributed by atoms with E-state index in [0.717, 1.165) is 5.56 Å². The first-order valence-electron chi connectivity index (χ1n) is 4.95. The molecule has 0 spiro atoms. The van der Waals surface area contributed by atoms with Crippen LogP contribution < -0.4 is 4.72 Å². The summed E-state index contributed by atoms with van der Waals surface area (Å²) in [6.07, 6.45) is 1.21. The monoisotopic (exact) mass is 287 g/mol. The summed E-state index contributed by atoms with van der Waals surface area (Å²) in [4.78, 5) is 0. The van der Waals surface area contributed by atoms with Crippen LogP contribution in [0.25, 0.3) is 11.5 Å². The number of nitrogens with one attached hydrogen (secondary N) is 1. The van der Waals surface area contributed by atoms with Gasteiger partial charge in [-0.3, -0.25) is 4.72 Å². The maximum Gasteiger partial charge on any atom is 0.247 e. The van der Waals surface area contributed by atoms with Crippen LogP contribution >= 0.6 is 11.6 Å². The SMILES string of the molecule is Cc1ccc(-c2nnco2)cc1NS(=O)(=O)CCl. The molecule has 18 heavy (non-hydrogen) atoms. The molecule has 0 bridgehead atoms. The van der Waals surface area contributed by atoms with Crippen molar-refractivity contribution < 1.29 is 12.8 Å². The van der Waals surface area contributed by atoms with Crippen molar-refractivity contribution in [2.45, 2.75) is 6.92 Å². The highest BCUT2D eigenvalue weighted by atomic mass is 35.5. The number of nitrogens with zero attached hydrogens (tertiary/aromatic N) is 2. The topological polar surface area (TPSA) is 85.1 Å². The highest BCUT2D eigenvalue weighted by Gasteiger charge is 2.12. The number of rotatable bonds is 4. The quantitative estimate of drug-likeness (QED) is 0.869. The highest BCUT2D eigenvalue weighted by molar-refractivity contribution is 7.93. The van der Waals surface area contributed by atoms with Crippen LogP contribution in [-0.2, 0) is 10.0 Å². The lowest BCUT2D eigenvalue weighted by atomic mass is 10.1. The number of hydrogen-bond donors (Lipinski definition) is 1. The zero-order chi connectivity index (χ0) is 13.2. The lowest BCUT2D eigenvalue weighted by Gasteiger charge is -2.09. The Hall–Kier alpha value is -1.60. The molecule has 0 saturated carbocycles. The molecule has 2 aromatic rings. The van der Waals surface area contributed by atoms with Crippen LogP contribution in [-0.4, -0.2) is 23.8 Å². The summed E-state index contributed by atoms with van der Waals surface area (Å²) < 4.78 is 30.3. The summed E-state index contributed by atoms with van der Waals surface area (Å²) in [5.41, 5.74) is 1.84. The fraction of sp³-hybridized carbons (Fsp3) is 0.200. The standard InChI is InChI=1S/C10H10ClN3O3S/c1-7-2-3-8(10-13-12-6-17-10)4-9(7)14-18(15,16)5-11/h2-4,6,14H,5H2,1H3. The Morgan fingerprint density at radius 3 is 2.83 bits per heavy atom. The molecule has 1 N–H and O–H groups in total. The number of alkyl halides is 1. The summed E-state index contributed by atoms with van der Waals surface area (Å²) in [7, 11) is -3.53. The third-order valence-electron chi connectivity index (χ3n) is 2.25. The molecule has 0 atom stereocenters. The van der Waals surface area contributed by atoms with E-state index in [0.29, 0.717) is 17.1 Å². The van der Waals surface area contributed by atoms with E-state index in [9.17, 15) is 8.42 Å². The van der Waals surface area contributed by atoms with Gasteiger partial charge < -0.3 is 4.42 Å². The Balaban J connectivity index is 2.39. The molecule has 6 nitrogen and oxygen atoms in total. The molecule has 1 aromatic heterocycles. The molecule has 0 amide bonds. The summed E-state index contributed by atoms with van der Waals surface area (Å²) in [6, 6.07) is 5.14. The van der Waals surface area contributed by atoms with Crippen molar-refractivity contribution in [3.05, 3.63) is 30.2 Å². The number of halogens is 1. The first-order chi connectivity index (χ1) is 8.52. The van der Waals surface area contributed by atoms with Gasteiger partial charge in [-0.25, -0.2) is 8.42 Å². The van der Waals surface area contributed by atoms with E-state index in [1.165, 1.54) is 6.39 Å². The molecule has 0 fully saturated rings. The largest absolute Gasteiger partial charge is 0.423 e. The van der Waals surface area contributed by atoms with Crippen LogP contribution in [0.5, 0.6) is 0 Å². The Labute approximate surface area is 109 Å². The second-order valence-electron chi connectivity index (χ2n) is 3.60. The van der Waals surface area contributed by atoms with Crippen molar-refractivity contribution in [1.29, 1.82) is 0 Å². The molecular formula is C10H10ClN3O3S. The van der Waals surface area contributed by atoms with Crippen molar-refractivity contribution >= 4 is 27.3 Å². The molecule has 2 rings (SSSR count). The molecule has 0 saturated heterocycles. The lowest BCUT2D eigenvalue weighted by Crippen LogP contribution is -2.14. The van der Waals surface area contributed by atoms with E-state index in [-0.39, 0.29) is 0 Å². The first-order valence-corrected chi connectivity index (χ1v) is 7.14. The Bertz CT molecular complexity index is 640. The van der Waals surface area contributed by atoms with Gasteiger partial charge >= 0.3 is 0 Å². The van der Waals surface area contributed by atoms with Crippen LogP contribution in [0.2, 0.25) is 0 Å². The zero-order valence-electron chi connectivity index (χ0n) is 9.42. The van der Waals surface area contributed by atoms with Crippen molar-refractivity contribution in [3.8, 4) is 11.5 Å². The minimum Gasteiger partial charge on any atom is -0.423 e. The number of sulfonamides is 1. The summed E-state index contributed by atoms with van der Waals surface area (Å²) >= 11 is 5.34. The van der Waals surface area contributed by atoms with Crippen molar-refractivity contribution in [2.24, 2.45) is 0 Å². The molecule has 0 aliphatic rings. The molecule has 0 unspecified atom stereocenters. The van der Waals surface area contributed by atoms with Gasteiger partial charge in [0, 0.05) is 5.56 Å². The number of benzene rings is 1. The average Bonchev–Trinajstić information content (AvgIpc) is 2.85. The maximum absolute atomic E-state index is 11.4. The first kappa shape index (κ1) is 12.8. The van der Waals surface area contributed by atoms with Gasteiger partial charge in [0.2, 0.25) is 22.3 Å². The van der Waals surface area contributed by atoms with Crippen LogP contribution in [0.1, 0.15) is 5.56 Å². The molecule has 0 aliphatic carbocycles. The molecule has 96 valence electrons. The normalized spacial score (nSPS) is 11.4. The third kappa shape index (κ3) is 2.80. The fourth-order valence-corrected chi connectivity index (χ4v) is 2.13. The minimum atomic E-state index is -3.53. The van der Waals surface area contributed by atoms with Gasteiger partial charge in [-0.2, -0.15) is 0 Å². The lowest BCUT2D eigenvalue weighted by molar-refractivity contribution is 0.568. The zero-order valence-corrected chi connectivity index (χ0v) is 11.0. The molecule has 0 aliphatic heterocycles. The second kappa shape index (κ2) is 4.95. The molecular weight excluding hydrogens is 278 g/mol. The highest BCUT2D eigenvalue weighted by Crippen LogP contribution is 2.24. The van der Waals surface area contributed by atoms with Gasteiger partial charge in [0.25, 0.3) is 0 Å². The second-order valence-corrected chi connectivity index (χ2v) is 5.91. The maximum atomic E-state index is 11.4. The summed E-state index contributed by atoms with van der Waals surface area (Å²) in [5, 5.41) is 6.82. The molecule has 1 aromatic carbocycles. The van der Waals surface area contributed by atoms with E-state index < -0.39 is 15.2 Å². The Morgan fingerprint density at radius 1 is 1.44 bits per heavy atom. The van der Waals surface area contributed by atoms with Gasteiger partial charge in [-0.15, -0.1) is 21.8 Å². The average molecular weight is 288 g/mol. The van der Waals surface area contributed by atoms with E-state index in [1.54, 1.807) is 25.1 Å². The van der Waals surface area contributed by atoms with Gasteiger partial charge in [-0.05, 0) is 24.6 Å². The van der Waals surface area contributed by atoms with Gasteiger partial charge in [0.1, 0.15) is 5.21 Å². The van der Waals surface area contributed by atoms with Gasteiger partial charge in [0.05, 0.1) is 5.69 Å². The van der Waals surface area contributed by atoms with Crippen molar-refractivity contribution in [3.63, 3.8) is 0 Å². The van der Waals surface area contributed by atoms with Crippen molar-refractivity contribution in [2.75, 3.05) is 9.93 Å². The number of aromatic nitrogens is 2. The fourth-order valence-electron chi connectivity index (χ4n) is 1.36. The van der Waals surface area contributed by atoms with E-state index in [2.05, 4.69) is 14.9 Å². The number of anilines is 1. The van der Waals surface area contributed by atoms with E-state index >= 15 is 0 Å². The van der Waals surface area contributed by atoms with Crippen LogP contribution in [0.3, 0.4) is 0 Å². The summed E-state index contributed by atoms with van der Waals surface area (Å²) in [5.74, 6) is 0.321. The number of aryl methyl sites for hydroxylation is 1. The van der Waals surface area contributed by atoms with Crippen LogP contribution in [0.15, 0.2) is 29.0 Å². The van der Waals surface area contributed by atoms with Crippen molar-refractivity contribution in [1.82, 2.24) is 10.2 Å². The van der Waals surface area contributed by atoms with Crippen LogP contribution in [0, 0.1) is 6.92 Å². The predicted octanol–water partition coefficient (Wildman–Crippen LogP) is 1.98. The van der Waals surface area contributed by atoms with E-state index in [1.807, 2.05) is 0 Å². The molecule has 8 heteroatoms. The predicted molar refractivity (Wildman–Crippen MR) is 67.7 cm³/mol. The van der Waals surface area contributed by atoms with Gasteiger partial charge in [0.15, 0.2) is 0 Å². The van der Waals surface area contributed by atoms with E-state index in [4.69, 9.17) is 16.0 Å². The van der Waals surface area contributed by atoms with Crippen LogP contribution in [0.4, 0.5) is 5.69 Å². The molecule has 1 heterocycles.